The van der Waals surface area contributed by atoms with Crippen molar-refractivity contribution in [1.82, 2.24) is 15.0 Å². The molecule has 6 nitrogen and oxygen atoms in total. The summed E-state index contributed by atoms with van der Waals surface area (Å²) in [6.07, 6.45) is 6.25. The molecular formula is C18H25N3O3S2. The number of rotatable bonds is 7. The van der Waals surface area contributed by atoms with E-state index in [1.807, 2.05) is 13.0 Å². The van der Waals surface area contributed by atoms with E-state index in [0.29, 0.717) is 16.4 Å². The number of aromatic amines is 1. The van der Waals surface area contributed by atoms with Crippen molar-refractivity contribution in [2.24, 2.45) is 5.92 Å². The molecule has 26 heavy (non-hydrogen) atoms. The van der Waals surface area contributed by atoms with Crippen molar-refractivity contribution in [2.45, 2.75) is 49.3 Å². The number of aromatic nitrogens is 1. The molecular weight excluding hydrogens is 370 g/mol. The van der Waals surface area contributed by atoms with Crippen LogP contribution in [0.1, 0.15) is 48.0 Å². The summed E-state index contributed by atoms with van der Waals surface area (Å²) in [6.45, 7) is 2.43. The molecule has 142 valence electrons. The van der Waals surface area contributed by atoms with Gasteiger partial charge in [-0.05, 0) is 55.9 Å². The largest absolute Gasteiger partial charge is 0.357 e. The Labute approximate surface area is 158 Å². The van der Waals surface area contributed by atoms with Crippen LogP contribution >= 0.6 is 11.3 Å². The predicted octanol–water partition coefficient (Wildman–Crippen LogP) is 2.91. The Balaban J connectivity index is 1.52. The molecule has 2 heterocycles. The van der Waals surface area contributed by atoms with Gasteiger partial charge in [-0.25, -0.2) is 13.1 Å². The number of carbonyl (C=O) groups excluding carboxylic acids is 1. The van der Waals surface area contributed by atoms with E-state index in [4.69, 9.17) is 0 Å². The standard InChI is InChI=1S/C18H25N3O3S2/c1-2-15-8-9-17(25-15)26(23,24)20-12-13-5-3-6-14(11-13)21-18(22)16-7-4-10-19-16/h4,7-10,13-14,19-20H,2-3,5-6,11-12H2,1H3,(H,21,22)/t13-,14+/m1/s1. The number of carbonyl (C=O) groups is 1. The summed E-state index contributed by atoms with van der Waals surface area (Å²) in [5.74, 6) is 0.130. The van der Waals surface area contributed by atoms with Gasteiger partial charge in [0.2, 0.25) is 10.0 Å². The van der Waals surface area contributed by atoms with Gasteiger partial charge in [-0.1, -0.05) is 13.3 Å². The Morgan fingerprint density at radius 2 is 2.15 bits per heavy atom. The van der Waals surface area contributed by atoms with Gasteiger partial charge < -0.3 is 10.3 Å². The van der Waals surface area contributed by atoms with Gasteiger partial charge in [-0.3, -0.25) is 4.79 Å². The number of nitrogens with one attached hydrogen (secondary N) is 3. The number of thiophene rings is 1. The lowest BCUT2D eigenvalue weighted by atomic mass is 9.86. The molecule has 0 aliphatic heterocycles. The van der Waals surface area contributed by atoms with E-state index in [1.54, 1.807) is 24.4 Å². The Morgan fingerprint density at radius 3 is 2.85 bits per heavy atom. The van der Waals surface area contributed by atoms with Crippen molar-refractivity contribution in [2.75, 3.05) is 6.54 Å². The number of amides is 1. The topological polar surface area (TPSA) is 91.1 Å². The first-order valence-corrected chi connectivity index (χ1v) is 11.3. The molecule has 0 radical (unpaired) electrons. The first kappa shape index (κ1) is 19.1. The van der Waals surface area contributed by atoms with Gasteiger partial charge in [-0.15, -0.1) is 11.3 Å². The molecule has 1 saturated carbocycles. The number of sulfonamides is 1. The van der Waals surface area contributed by atoms with Gasteiger partial charge in [-0.2, -0.15) is 0 Å². The molecule has 3 N–H and O–H groups in total. The van der Waals surface area contributed by atoms with Crippen LogP contribution in [0.15, 0.2) is 34.7 Å². The molecule has 2 atom stereocenters. The summed E-state index contributed by atoms with van der Waals surface area (Å²) in [4.78, 5) is 16.1. The molecule has 1 amide bonds. The summed E-state index contributed by atoms with van der Waals surface area (Å²) in [7, 11) is -3.45. The molecule has 3 rings (SSSR count). The maximum atomic E-state index is 12.4. The third-order valence-corrected chi connectivity index (χ3v) is 7.92. The summed E-state index contributed by atoms with van der Waals surface area (Å²) in [6, 6.07) is 7.16. The first-order chi connectivity index (χ1) is 12.5. The van der Waals surface area contributed by atoms with Gasteiger partial charge in [0.15, 0.2) is 0 Å². The van der Waals surface area contributed by atoms with Gasteiger partial charge >= 0.3 is 0 Å². The number of H-pyrrole nitrogens is 1. The summed E-state index contributed by atoms with van der Waals surface area (Å²) < 4.78 is 28.0. The monoisotopic (exact) mass is 395 g/mol. The van der Waals surface area contributed by atoms with E-state index in [2.05, 4.69) is 15.0 Å². The van der Waals surface area contributed by atoms with Crippen LogP contribution in [-0.4, -0.2) is 31.9 Å². The zero-order chi connectivity index (χ0) is 18.6. The van der Waals surface area contributed by atoms with Crippen molar-refractivity contribution in [1.29, 1.82) is 0 Å². The van der Waals surface area contributed by atoms with E-state index in [1.165, 1.54) is 11.3 Å². The quantitative estimate of drug-likeness (QED) is 0.673. The van der Waals surface area contributed by atoms with Crippen LogP contribution in [0.5, 0.6) is 0 Å². The SMILES string of the molecule is CCc1ccc(S(=O)(=O)NC[C@@H]2CCC[C@H](NC(=O)c3ccc[nH]3)C2)s1. The lowest BCUT2D eigenvalue weighted by Gasteiger charge is -2.29. The maximum absolute atomic E-state index is 12.4. The fourth-order valence-corrected chi connectivity index (χ4v) is 5.79. The van der Waals surface area contributed by atoms with Crippen LogP contribution in [0.2, 0.25) is 0 Å². The molecule has 0 saturated heterocycles. The lowest BCUT2D eigenvalue weighted by Crippen LogP contribution is -2.41. The highest BCUT2D eigenvalue weighted by molar-refractivity contribution is 7.91. The van der Waals surface area contributed by atoms with Gasteiger partial charge in [0.1, 0.15) is 9.90 Å². The number of aryl methyl sites for hydroxylation is 1. The molecule has 0 unspecified atom stereocenters. The van der Waals surface area contributed by atoms with Crippen LogP contribution in [0.4, 0.5) is 0 Å². The lowest BCUT2D eigenvalue weighted by molar-refractivity contribution is 0.0915. The Morgan fingerprint density at radius 1 is 1.31 bits per heavy atom. The molecule has 0 bridgehead atoms. The van der Waals surface area contributed by atoms with E-state index in [0.717, 1.165) is 37.0 Å². The smallest absolute Gasteiger partial charge is 0.267 e. The molecule has 1 fully saturated rings. The van der Waals surface area contributed by atoms with Crippen LogP contribution in [-0.2, 0) is 16.4 Å². The molecule has 1 aliphatic rings. The second kappa shape index (κ2) is 8.37. The third kappa shape index (κ3) is 4.75. The minimum Gasteiger partial charge on any atom is -0.357 e. The third-order valence-electron chi connectivity index (χ3n) is 4.77. The van der Waals surface area contributed by atoms with Crippen LogP contribution in [0, 0.1) is 5.92 Å². The van der Waals surface area contributed by atoms with Crippen molar-refractivity contribution in [3.63, 3.8) is 0 Å². The highest BCUT2D eigenvalue weighted by Crippen LogP contribution is 2.26. The van der Waals surface area contributed by atoms with E-state index >= 15 is 0 Å². The molecule has 8 heteroatoms. The highest BCUT2D eigenvalue weighted by Gasteiger charge is 2.26. The van der Waals surface area contributed by atoms with Crippen molar-refractivity contribution >= 4 is 27.3 Å². The van der Waals surface area contributed by atoms with Gasteiger partial charge in [0, 0.05) is 23.7 Å². The van der Waals surface area contributed by atoms with Gasteiger partial charge in [0.05, 0.1) is 0 Å². The highest BCUT2D eigenvalue weighted by atomic mass is 32.2. The zero-order valence-corrected chi connectivity index (χ0v) is 16.5. The van der Waals surface area contributed by atoms with Crippen molar-refractivity contribution in [3.05, 3.63) is 41.0 Å². The van der Waals surface area contributed by atoms with E-state index < -0.39 is 10.0 Å². The first-order valence-electron chi connectivity index (χ1n) is 9.00. The second-order valence-electron chi connectivity index (χ2n) is 6.71. The van der Waals surface area contributed by atoms with Crippen molar-refractivity contribution in [3.8, 4) is 0 Å². The molecule has 2 aromatic rings. The molecule has 0 spiro atoms. The van der Waals surface area contributed by atoms with Gasteiger partial charge in [0.25, 0.3) is 5.91 Å². The van der Waals surface area contributed by atoms with E-state index in [-0.39, 0.29) is 17.9 Å². The summed E-state index contributed by atoms with van der Waals surface area (Å²) >= 11 is 1.32. The molecule has 1 aliphatic carbocycles. The second-order valence-corrected chi connectivity index (χ2v) is 9.88. The molecule has 0 aromatic carbocycles. The maximum Gasteiger partial charge on any atom is 0.267 e. The number of hydrogen-bond acceptors (Lipinski definition) is 4. The van der Waals surface area contributed by atoms with Crippen LogP contribution in [0.25, 0.3) is 0 Å². The van der Waals surface area contributed by atoms with E-state index in [9.17, 15) is 13.2 Å². The Kier molecular flexibility index (Phi) is 6.16. The average Bonchev–Trinajstić information content (AvgIpc) is 3.32. The average molecular weight is 396 g/mol. The Hall–Kier alpha value is -1.64. The summed E-state index contributed by atoms with van der Waals surface area (Å²) in [5.41, 5.74) is 0.553. The zero-order valence-electron chi connectivity index (χ0n) is 14.8. The van der Waals surface area contributed by atoms with Crippen LogP contribution in [0.3, 0.4) is 0 Å². The predicted molar refractivity (Wildman–Crippen MR) is 103 cm³/mol. The minimum absolute atomic E-state index is 0.0856. The minimum atomic E-state index is -3.45. The molecule has 2 aromatic heterocycles. The fraction of sp³-hybridized carbons (Fsp3) is 0.500. The number of hydrogen-bond donors (Lipinski definition) is 3. The summed E-state index contributed by atoms with van der Waals surface area (Å²) in [5, 5.41) is 3.05. The fourth-order valence-electron chi connectivity index (χ4n) is 3.33. The van der Waals surface area contributed by atoms with Crippen molar-refractivity contribution < 1.29 is 13.2 Å². The normalized spacial score (nSPS) is 20.8. The Bertz CT molecular complexity index is 828. The van der Waals surface area contributed by atoms with Crippen LogP contribution < -0.4 is 10.0 Å².